The summed E-state index contributed by atoms with van der Waals surface area (Å²) in [6, 6.07) is 5.13. The smallest absolute Gasteiger partial charge is 0.220 e. The first-order valence-corrected chi connectivity index (χ1v) is 4.63. The second-order valence-corrected chi connectivity index (χ2v) is 3.35. The molecule has 0 fully saturated rings. The summed E-state index contributed by atoms with van der Waals surface area (Å²) in [4.78, 5) is 7.65. The van der Waals surface area contributed by atoms with Gasteiger partial charge >= 0.3 is 0 Å². The number of benzene rings is 1. The number of anilines is 1. The van der Waals surface area contributed by atoms with Gasteiger partial charge in [-0.3, -0.25) is 0 Å². The third kappa shape index (κ3) is 1.84. The molecule has 0 radical (unpaired) electrons. The first-order chi connectivity index (χ1) is 7.58. The van der Waals surface area contributed by atoms with Gasteiger partial charge in [0.1, 0.15) is 11.6 Å². The third-order valence-corrected chi connectivity index (χ3v) is 2.09. The van der Waals surface area contributed by atoms with E-state index in [2.05, 4.69) is 9.97 Å². The van der Waals surface area contributed by atoms with Crippen molar-refractivity contribution in [1.29, 1.82) is 0 Å². The van der Waals surface area contributed by atoms with Crippen molar-refractivity contribution in [3.8, 4) is 11.3 Å². The minimum Gasteiger partial charge on any atom is -0.368 e. The van der Waals surface area contributed by atoms with Crippen LogP contribution in [0.15, 0.2) is 24.3 Å². The van der Waals surface area contributed by atoms with E-state index in [0.717, 1.165) is 0 Å². The van der Waals surface area contributed by atoms with Gasteiger partial charge in [-0.1, -0.05) is 6.07 Å². The molecule has 82 valence electrons. The molecule has 3 nitrogen and oxygen atoms in total. The van der Waals surface area contributed by atoms with Crippen molar-refractivity contribution in [1.82, 2.24) is 9.97 Å². The number of aromatic nitrogens is 2. The summed E-state index contributed by atoms with van der Waals surface area (Å²) in [7, 11) is 0. The lowest BCUT2D eigenvalue weighted by molar-refractivity contribution is 0.588. The van der Waals surface area contributed by atoms with Gasteiger partial charge in [-0.25, -0.2) is 18.7 Å². The second kappa shape index (κ2) is 3.84. The highest BCUT2D eigenvalue weighted by molar-refractivity contribution is 5.62. The number of nitrogen functional groups attached to an aromatic ring is 1. The van der Waals surface area contributed by atoms with Crippen LogP contribution in [0.1, 0.15) is 5.69 Å². The summed E-state index contributed by atoms with van der Waals surface area (Å²) >= 11 is 0. The van der Waals surface area contributed by atoms with Gasteiger partial charge in [-0.2, -0.15) is 0 Å². The van der Waals surface area contributed by atoms with Gasteiger partial charge in [0.25, 0.3) is 0 Å². The molecule has 1 aromatic heterocycles. The molecule has 2 rings (SSSR count). The fourth-order valence-electron chi connectivity index (χ4n) is 1.46. The number of nitrogens with two attached hydrogens (primary N) is 1. The van der Waals surface area contributed by atoms with E-state index in [1.54, 1.807) is 6.92 Å². The summed E-state index contributed by atoms with van der Waals surface area (Å²) in [6.07, 6.45) is 0. The van der Waals surface area contributed by atoms with Gasteiger partial charge in [-0.15, -0.1) is 0 Å². The normalized spacial score (nSPS) is 10.4. The Morgan fingerprint density at radius 1 is 1.12 bits per heavy atom. The number of rotatable bonds is 1. The van der Waals surface area contributed by atoms with Gasteiger partial charge in [0.15, 0.2) is 0 Å². The first kappa shape index (κ1) is 10.5. The molecule has 1 aromatic carbocycles. The predicted molar refractivity (Wildman–Crippen MR) is 56.5 cm³/mol. The molecule has 0 aliphatic rings. The molecular formula is C11H9F2N3. The van der Waals surface area contributed by atoms with Gasteiger partial charge in [0.05, 0.1) is 11.3 Å². The molecule has 0 atom stereocenters. The van der Waals surface area contributed by atoms with Crippen molar-refractivity contribution in [2.45, 2.75) is 6.92 Å². The summed E-state index contributed by atoms with van der Waals surface area (Å²) < 4.78 is 26.9. The van der Waals surface area contributed by atoms with Crippen LogP contribution in [0.25, 0.3) is 11.3 Å². The zero-order valence-corrected chi connectivity index (χ0v) is 8.54. The quantitative estimate of drug-likeness (QED) is 0.803. The molecule has 0 amide bonds. The Bertz CT molecular complexity index is 500. The van der Waals surface area contributed by atoms with Crippen LogP contribution in [-0.4, -0.2) is 9.97 Å². The Labute approximate surface area is 91.0 Å². The summed E-state index contributed by atoms with van der Waals surface area (Å²) in [5, 5.41) is 0. The molecule has 0 saturated carbocycles. The van der Waals surface area contributed by atoms with Gasteiger partial charge < -0.3 is 5.73 Å². The zero-order valence-electron chi connectivity index (χ0n) is 8.54. The standard InChI is InChI=1S/C11H9F2N3/c1-6-5-9(16-11(14)15-6)10-7(12)3-2-4-8(10)13/h2-5H,1H3,(H2,14,15,16). The topological polar surface area (TPSA) is 51.8 Å². The van der Waals surface area contributed by atoms with Crippen molar-refractivity contribution in [2.75, 3.05) is 5.73 Å². The predicted octanol–water partition coefficient (Wildman–Crippen LogP) is 2.31. The van der Waals surface area contributed by atoms with E-state index in [0.29, 0.717) is 5.69 Å². The number of hydrogen-bond donors (Lipinski definition) is 1. The van der Waals surface area contributed by atoms with Crippen molar-refractivity contribution < 1.29 is 8.78 Å². The fraction of sp³-hybridized carbons (Fsp3) is 0.0909. The highest BCUT2D eigenvalue weighted by atomic mass is 19.1. The Hall–Kier alpha value is -2.04. The SMILES string of the molecule is Cc1cc(-c2c(F)cccc2F)nc(N)n1. The van der Waals surface area contributed by atoms with Crippen LogP contribution in [0.2, 0.25) is 0 Å². The highest BCUT2D eigenvalue weighted by Crippen LogP contribution is 2.24. The molecule has 0 bridgehead atoms. The maximum Gasteiger partial charge on any atom is 0.220 e. The molecular weight excluding hydrogens is 212 g/mol. The van der Waals surface area contributed by atoms with Crippen LogP contribution < -0.4 is 5.73 Å². The Balaban J connectivity index is 2.67. The van der Waals surface area contributed by atoms with E-state index < -0.39 is 11.6 Å². The monoisotopic (exact) mass is 221 g/mol. The van der Waals surface area contributed by atoms with Crippen molar-refractivity contribution >= 4 is 5.95 Å². The van der Waals surface area contributed by atoms with E-state index in [9.17, 15) is 8.78 Å². The number of aryl methyl sites for hydroxylation is 1. The molecule has 5 heteroatoms. The lowest BCUT2D eigenvalue weighted by Gasteiger charge is -2.05. The van der Waals surface area contributed by atoms with E-state index in [4.69, 9.17) is 5.73 Å². The van der Waals surface area contributed by atoms with Crippen molar-refractivity contribution in [2.24, 2.45) is 0 Å². The molecule has 2 aromatic rings. The largest absolute Gasteiger partial charge is 0.368 e. The fourth-order valence-corrected chi connectivity index (χ4v) is 1.46. The van der Waals surface area contributed by atoms with Gasteiger partial charge in [0, 0.05) is 5.69 Å². The highest BCUT2D eigenvalue weighted by Gasteiger charge is 2.13. The summed E-state index contributed by atoms with van der Waals surface area (Å²) in [6.45, 7) is 1.68. The van der Waals surface area contributed by atoms with Gasteiger partial charge in [0.2, 0.25) is 5.95 Å². The molecule has 0 aliphatic carbocycles. The second-order valence-electron chi connectivity index (χ2n) is 3.35. The third-order valence-electron chi connectivity index (χ3n) is 2.09. The average molecular weight is 221 g/mol. The van der Waals surface area contributed by atoms with E-state index in [-0.39, 0.29) is 17.2 Å². The van der Waals surface area contributed by atoms with E-state index in [1.807, 2.05) is 0 Å². The van der Waals surface area contributed by atoms with Crippen LogP contribution in [0.3, 0.4) is 0 Å². The maximum absolute atomic E-state index is 13.5. The Kier molecular flexibility index (Phi) is 2.52. The lowest BCUT2D eigenvalue weighted by Crippen LogP contribution is -2.00. The Morgan fingerprint density at radius 3 is 2.31 bits per heavy atom. The maximum atomic E-state index is 13.5. The molecule has 16 heavy (non-hydrogen) atoms. The minimum atomic E-state index is -0.669. The van der Waals surface area contributed by atoms with Crippen LogP contribution in [-0.2, 0) is 0 Å². The average Bonchev–Trinajstić information content (AvgIpc) is 2.15. The van der Waals surface area contributed by atoms with Crippen molar-refractivity contribution in [3.63, 3.8) is 0 Å². The van der Waals surface area contributed by atoms with E-state index in [1.165, 1.54) is 24.3 Å². The zero-order chi connectivity index (χ0) is 11.7. The van der Waals surface area contributed by atoms with Crippen molar-refractivity contribution in [3.05, 3.63) is 41.6 Å². The Morgan fingerprint density at radius 2 is 1.75 bits per heavy atom. The van der Waals surface area contributed by atoms with Gasteiger partial charge in [-0.05, 0) is 25.1 Å². The summed E-state index contributed by atoms with van der Waals surface area (Å²) in [5.74, 6) is -1.34. The molecule has 0 spiro atoms. The minimum absolute atomic E-state index is 0.00217. The number of hydrogen-bond acceptors (Lipinski definition) is 3. The molecule has 0 saturated heterocycles. The summed E-state index contributed by atoms with van der Waals surface area (Å²) in [5.41, 5.74) is 5.96. The molecule has 1 heterocycles. The molecule has 0 unspecified atom stereocenters. The lowest BCUT2D eigenvalue weighted by atomic mass is 10.1. The number of nitrogens with zero attached hydrogens (tertiary/aromatic N) is 2. The van der Waals surface area contributed by atoms with Crippen LogP contribution >= 0.6 is 0 Å². The number of halogens is 2. The molecule has 2 N–H and O–H groups in total. The van der Waals surface area contributed by atoms with Crippen LogP contribution in [0.5, 0.6) is 0 Å². The van der Waals surface area contributed by atoms with E-state index >= 15 is 0 Å². The molecule has 0 aliphatic heterocycles. The van der Waals surface area contributed by atoms with Crippen LogP contribution in [0, 0.1) is 18.6 Å². The first-order valence-electron chi connectivity index (χ1n) is 4.63. The van der Waals surface area contributed by atoms with Crippen LogP contribution in [0.4, 0.5) is 14.7 Å².